The van der Waals surface area contributed by atoms with Crippen LogP contribution >= 0.6 is 0 Å². The minimum Gasteiger partial charge on any atom is -0.479 e. The maximum absolute atomic E-state index is 12.3. The average molecular weight is 275 g/mol. The van der Waals surface area contributed by atoms with E-state index in [2.05, 4.69) is 0 Å². The standard InChI is InChI=1S/C15H17NO4/c17-12(6-10-4-2-1-3-5-10)13(18)16-9-11-7-15(16,8-11)14(19)20/h1-5,11-12,17H,6-9H2,(H,19,20). The molecule has 5 nitrogen and oxygen atoms in total. The molecule has 2 heterocycles. The van der Waals surface area contributed by atoms with Gasteiger partial charge in [0.1, 0.15) is 11.6 Å². The summed E-state index contributed by atoms with van der Waals surface area (Å²) in [6.45, 7) is 0.455. The Morgan fingerprint density at radius 2 is 1.95 bits per heavy atom. The molecule has 0 spiro atoms. The molecule has 1 saturated carbocycles. The van der Waals surface area contributed by atoms with Crippen LogP contribution in [0.15, 0.2) is 30.3 Å². The summed E-state index contributed by atoms with van der Waals surface area (Å²) in [5, 5.41) is 19.4. The molecule has 1 aliphatic carbocycles. The molecule has 3 fully saturated rings. The van der Waals surface area contributed by atoms with Gasteiger partial charge in [0, 0.05) is 13.0 Å². The van der Waals surface area contributed by atoms with Gasteiger partial charge in [0.05, 0.1) is 0 Å². The lowest BCUT2D eigenvalue weighted by Crippen LogP contribution is -2.56. The van der Waals surface area contributed by atoms with Gasteiger partial charge in [0.15, 0.2) is 0 Å². The zero-order valence-corrected chi connectivity index (χ0v) is 11.0. The molecule has 2 saturated heterocycles. The molecule has 1 aromatic carbocycles. The first-order valence-electron chi connectivity index (χ1n) is 6.80. The largest absolute Gasteiger partial charge is 0.479 e. The number of aliphatic hydroxyl groups is 1. The van der Waals surface area contributed by atoms with Crippen LogP contribution in [0.25, 0.3) is 0 Å². The summed E-state index contributed by atoms with van der Waals surface area (Å²) in [6.07, 6.45) is 0.0856. The van der Waals surface area contributed by atoms with Crippen LogP contribution < -0.4 is 0 Å². The van der Waals surface area contributed by atoms with E-state index in [1.165, 1.54) is 4.90 Å². The van der Waals surface area contributed by atoms with Gasteiger partial charge < -0.3 is 15.1 Å². The van der Waals surface area contributed by atoms with E-state index in [1.54, 1.807) is 0 Å². The van der Waals surface area contributed by atoms with Crippen molar-refractivity contribution in [1.82, 2.24) is 4.90 Å². The van der Waals surface area contributed by atoms with Crippen molar-refractivity contribution in [2.45, 2.75) is 30.9 Å². The molecular weight excluding hydrogens is 258 g/mol. The highest BCUT2D eigenvalue weighted by Crippen LogP contribution is 2.50. The summed E-state index contributed by atoms with van der Waals surface area (Å²) in [6, 6.07) is 9.24. The van der Waals surface area contributed by atoms with Gasteiger partial charge in [-0.2, -0.15) is 0 Å². The topological polar surface area (TPSA) is 77.8 Å². The predicted molar refractivity (Wildman–Crippen MR) is 71.0 cm³/mol. The number of hydrogen-bond donors (Lipinski definition) is 2. The Labute approximate surface area is 116 Å². The van der Waals surface area contributed by atoms with Crippen molar-refractivity contribution < 1.29 is 19.8 Å². The molecule has 106 valence electrons. The van der Waals surface area contributed by atoms with Crippen LogP contribution in [0.2, 0.25) is 0 Å². The van der Waals surface area contributed by atoms with Crippen LogP contribution in [0, 0.1) is 5.92 Å². The molecule has 2 N–H and O–H groups in total. The van der Waals surface area contributed by atoms with E-state index in [4.69, 9.17) is 0 Å². The van der Waals surface area contributed by atoms with Crippen molar-refractivity contribution in [3.8, 4) is 0 Å². The van der Waals surface area contributed by atoms with Gasteiger partial charge in [-0.1, -0.05) is 30.3 Å². The maximum Gasteiger partial charge on any atom is 0.329 e. The van der Waals surface area contributed by atoms with E-state index in [0.29, 0.717) is 19.4 Å². The molecule has 1 unspecified atom stereocenters. The number of nitrogens with zero attached hydrogens (tertiary/aromatic N) is 1. The Morgan fingerprint density at radius 3 is 2.55 bits per heavy atom. The van der Waals surface area contributed by atoms with E-state index < -0.39 is 23.5 Å². The Kier molecular flexibility index (Phi) is 3.01. The molecule has 1 aromatic rings. The number of carbonyl (C=O) groups excluding carboxylic acids is 1. The van der Waals surface area contributed by atoms with Crippen molar-refractivity contribution in [3.63, 3.8) is 0 Å². The van der Waals surface area contributed by atoms with Crippen LogP contribution in [0.4, 0.5) is 0 Å². The lowest BCUT2D eigenvalue weighted by Gasteiger charge is -2.38. The van der Waals surface area contributed by atoms with E-state index in [1.807, 2.05) is 30.3 Å². The third-order valence-corrected chi connectivity index (χ3v) is 4.43. The Bertz CT molecular complexity index is 536. The lowest BCUT2D eigenvalue weighted by molar-refractivity contribution is -0.161. The number of carboxylic acids is 1. The molecule has 1 amide bonds. The highest BCUT2D eigenvalue weighted by molar-refractivity contribution is 5.91. The highest BCUT2D eigenvalue weighted by atomic mass is 16.4. The molecule has 3 aliphatic rings. The summed E-state index contributed by atoms with van der Waals surface area (Å²) < 4.78 is 0. The predicted octanol–water partition coefficient (Wildman–Crippen LogP) is 0.666. The van der Waals surface area contributed by atoms with E-state index in [9.17, 15) is 19.8 Å². The summed E-state index contributed by atoms with van der Waals surface area (Å²) in [5.74, 6) is -1.14. The second-order valence-electron chi connectivity index (χ2n) is 5.77. The van der Waals surface area contributed by atoms with Gasteiger partial charge in [-0.25, -0.2) is 4.79 Å². The third-order valence-electron chi connectivity index (χ3n) is 4.43. The molecule has 1 atom stereocenters. The van der Waals surface area contributed by atoms with Crippen LogP contribution in [0.5, 0.6) is 0 Å². The molecule has 2 bridgehead atoms. The first-order chi connectivity index (χ1) is 9.53. The summed E-state index contributed by atoms with van der Waals surface area (Å²) in [7, 11) is 0. The monoisotopic (exact) mass is 275 g/mol. The number of rotatable bonds is 4. The molecule has 2 aliphatic heterocycles. The quantitative estimate of drug-likeness (QED) is 0.846. The van der Waals surface area contributed by atoms with E-state index >= 15 is 0 Å². The van der Waals surface area contributed by atoms with Gasteiger partial charge in [-0.15, -0.1) is 0 Å². The molecule has 0 aromatic heterocycles. The summed E-state index contributed by atoms with van der Waals surface area (Å²) >= 11 is 0. The van der Waals surface area contributed by atoms with Crippen molar-refractivity contribution in [3.05, 3.63) is 35.9 Å². The van der Waals surface area contributed by atoms with Crippen molar-refractivity contribution in [2.24, 2.45) is 5.92 Å². The first-order valence-corrected chi connectivity index (χ1v) is 6.80. The minimum absolute atomic E-state index is 0.219. The normalized spacial score (nSPS) is 28.9. The number of aliphatic hydroxyl groups excluding tert-OH is 1. The fourth-order valence-corrected chi connectivity index (χ4v) is 3.37. The van der Waals surface area contributed by atoms with Crippen LogP contribution in [0.3, 0.4) is 0 Å². The minimum atomic E-state index is -1.17. The Morgan fingerprint density at radius 1 is 1.30 bits per heavy atom. The second-order valence-corrected chi connectivity index (χ2v) is 5.77. The highest BCUT2D eigenvalue weighted by Gasteiger charge is 2.63. The molecule has 20 heavy (non-hydrogen) atoms. The second kappa shape index (κ2) is 4.59. The zero-order valence-electron chi connectivity index (χ0n) is 11.0. The number of aliphatic carboxylic acids is 1. The number of amides is 1. The molecular formula is C15H17NO4. The number of fused-ring (bicyclic) bond motifs is 1. The zero-order chi connectivity index (χ0) is 14.3. The van der Waals surface area contributed by atoms with Gasteiger partial charge in [0.2, 0.25) is 0 Å². The SMILES string of the molecule is O=C(C(O)Cc1ccccc1)N1CC2CC1(C(=O)O)C2. The van der Waals surface area contributed by atoms with Crippen LogP contribution in [-0.2, 0) is 16.0 Å². The summed E-state index contributed by atoms with van der Waals surface area (Å²) in [4.78, 5) is 25.1. The van der Waals surface area contributed by atoms with Gasteiger partial charge in [-0.05, 0) is 24.3 Å². The van der Waals surface area contributed by atoms with Crippen molar-refractivity contribution in [2.75, 3.05) is 6.54 Å². The Hall–Kier alpha value is -1.88. The molecule has 5 heteroatoms. The van der Waals surface area contributed by atoms with E-state index in [-0.39, 0.29) is 12.3 Å². The lowest BCUT2D eigenvalue weighted by atomic mass is 9.73. The van der Waals surface area contributed by atoms with E-state index in [0.717, 1.165) is 5.56 Å². The molecule has 0 radical (unpaired) electrons. The maximum atomic E-state index is 12.3. The fourth-order valence-electron chi connectivity index (χ4n) is 3.37. The van der Waals surface area contributed by atoms with Crippen molar-refractivity contribution in [1.29, 1.82) is 0 Å². The average Bonchev–Trinajstić information content (AvgIpc) is 2.94. The van der Waals surface area contributed by atoms with Gasteiger partial charge in [-0.3, -0.25) is 4.79 Å². The number of hydrogen-bond acceptors (Lipinski definition) is 3. The van der Waals surface area contributed by atoms with Gasteiger partial charge >= 0.3 is 5.97 Å². The number of carboxylic acid groups (broad SMARTS) is 1. The third kappa shape index (κ3) is 1.89. The Balaban J connectivity index is 1.71. The number of benzene rings is 1. The van der Waals surface area contributed by atoms with Crippen LogP contribution in [0.1, 0.15) is 18.4 Å². The smallest absolute Gasteiger partial charge is 0.329 e. The number of carbonyl (C=O) groups is 2. The summed E-state index contributed by atoms with van der Waals surface area (Å²) in [5.41, 5.74) is -0.191. The molecule has 4 rings (SSSR count). The van der Waals surface area contributed by atoms with Crippen LogP contribution in [-0.4, -0.2) is 45.2 Å². The van der Waals surface area contributed by atoms with Crippen molar-refractivity contribution >= 4 is 11.9 Å². The van der Waals surface area contributed by atoms with Gasteiger partial charge in [0.25, 0.3) is 5.91 Å². The first kappa shape index (κ1) is 13.1. The fraction of sp³-hybridized carbons (Fsp3) is 0.467.